The molecule has 0 aromatic carbocycles. The quantitative estimate of drug-likeness (QED) is 0.829. The topological polar surface area (TPSA) is 15.3 Å². The standard InChI is InChI=1S/C16H32N2/c1-5-18(14-7-6-10-17-12-14)15-8-9-16(3,4)11-13(15)2/h13-15,17H,5-12H2,1-4H3. The van der Waals surface area contributed by atoms with E-state index in [-0.39, 0.29) is 0 Å². The predicted octanol–water partition coefficient (Wildman–Crippen LogP) is 3.28. The summed E-state index contributed by atoms with van der Waals surface area (Å²) in [6.07, 6.45) is 6.95. The first kappa shape index (κ1) is 14.3. The summed E-state index contributed by atoms with van der Waals surface area (Å²) in [7, 11) is 0. The Labute approximate surface area is 114 Å². The Morgan fingerprint density at radius 2 is 2.06 bits per heavy atom. The lowest BCUT2D eigenvalue weighted by Crippen LogP contribution is -2.54. The van der Waals surface area contributed by atoms with Gasteiger partial charge in [-0.15, -0.1) is 0 Å². The molecule has 106 valence electrons. The smallest absolute Gasteiger partial charge is 0.0224 e. The van der Waals surface area contributed by atoms with Crippen molar-refractivity contribution in [1.29, 1.82) is 0 Å². The van der Waals surface area contributed by atoms with Gasteiger partial charge in [-0.3, -0.25) is 4.90 Å². The second-order valence-corrected chi connectivity index (χ2v) is 7.28. The molecule has 0 bridgehead atoms. The number of rotatable bonds is 3. The SMILES string of the molecule is CCN(C1CCCNC1)C1CCC(C)(C)CC1C. The number of hydrogen-bond donors (Lipinski definition) is 1. The Morgan fingerprint density at radius 1 is 1.28 bits per heavy atom. The van der Waals surface area contributed by atoms with Crippen LogP contribution in [0.15, 0.2) is 0 Å². The Balaban J connectivity index is 1.99. The van der Waals surface area contributed by atoms with E-state index in [0.717, 1.165) is 18.0 Å². The molecule has 2 fully saturated rings. The van der Waals surface area contributed by atoms with E-state index >= 15 is 0 Å². The fraction of sp³-hybridized carbons (Fsp3) is 1.00. The van der Waals surface area contributed by atoms with E-state index in [0.29, 0.717) is 5.41 Å². The third-order valence-electron chi connectivity index (χ3n) is 5.18. The zero-order chi connectivity index (χ0) is 13.2. The van der Waals surface area contributed by atoms with Crippen molar-refractivity contribution < 1.29 is 0 Å². The summed E-state index contributed by atoms with van der Waals surface area (Å²) < 4.78 is 0. The van der Waals surface area contributed by atoms with E-state index in [1.807, 2.05) is 0 Å². The predicted molar refractivity (Wildman–Crippen MR) is 78.9 cm³/mol. The Hall–Kier alpha value is -0.0800. The van der Waals surface area contributed by atoms with Gasteiger partial charge in [-0.25, -0.2) is 0 Å². The van der Waals surface area contributed by atoms with Crippen LogP contribution in [0.25, 0.3) is 0 Å². The molecule has 2 heteroatoms. The van der Waals surface area contributed by atoms with Crippen molar-refractivity contribution >= 4 is 0 Å². The van der Waals surface area contributed by atoms with Gasteiger partial charge in [-0.05, 0) is 56.5 Å². The molecule has 1 aliphatic heterocycles. The van der Waals surface area contributed by atoms with Crippen molar-refractivity contribution in [2.45, 2.75) is 71.9 Å². The van der Waals surface area contributed by atoms with E-state index in [1.165, 1.54) is 51.7 Å². The summed E-state index contributed by atoms with van der Waals surface area (Å²) >= 11 is 0. The van der Waals surface area contributed by atoms with Gasteiger partial charge in [0.1, 0.15) is 0 Å². The monoisotopic (exact) mass is 252 g/mol. The van der Waals surface area contributed by atoms with Crippen molar-refractivity contribution in [3.05, 3.63) is 0 Å². The summed E-state index contributed by atoms with van der Waals surface area (Å²) in [4.78, 5) is 2.81. The van der Waals surface area contributed by atoms with Crippen LogP contribution in [0.1, 0.15) is 59.8 Å². The largest absolute Gasteiger partial charge is 0.315 e. The number of likely N-dealkylation sites (N-methyl/N-ethyl adjacent to an activating group) is 1. The third kappa shape index (κ3) is 3.27. The molecule has 1 heterocycles. The number of piperidine rings is 1. The van der Waals surface area contributed by atoms with Crippen molar-refractivity contribution in [2.24, 2.45) is 11.3 Å². The molecule has 1 saturated carbocycles. The minimum absolute atomic E-state index is 0.570. The lowest BCUT2D eigenvalue weighted by molar-refractivity contribution is 0.0279. The number of hydrogen-bond acceptors (Lipinski definition) is 2. The van der Waals surface area contributed by atoms with Crippen LogP contribution in [0, 0.1) is 11.3 Å². The van der Waals surface area contributed by atoms with Crippen molar-refractivity contribution in [3.8, 4) is 0 Å². The highest BCUT2D eigenvalue weighted by Gasteiger charge is 2.37. The molecule has 0 amide bonds. The van der Waals surface area contributed by atoms with Gasteiger partial charge in [0.25, 0.3) is 0 Å². The average molecular weight is 252 g/mol. The molecule has 3 unspecified atom stereocenters. The zero-order valence-electron chi connectivity index (χ0n) is 12.8. The first-order valence-corrected chi connectivity index (χ1v) is 8.00. The maximum atomic E-state index is 3.58. The van der Waals surface area contributed by atoms with Gasteiger partial charge >= 0.3 is 0 Å². The van der Waals surface area contributed by atoms with E-state index in [4.69, 9.17) is 0 Å². The van der Waals surface area contributed by atoms with Gasteiger partial charge in [0.2, 0.25) is 0 Å². The zero-order valence-corrected chi connectivity index (χ0v) is 12.8. The van der Waals surface area contributed by atoms with Crippen LogP contribution in [0.4, 0.5) is 0 Å². The molecule has 0 radical (unpaired) electrons. The molecule has 1 aliphatic carbocycles. The van der Waals surface area contributed by atoms with E-state index in [2.05, 4.69) is 37.9 Å². The molecule has 0 aromatic rings. The van der Waals surface area contributed by atoms with Crippen LogP contribution in [-0.2, 0) is 0 Å². The lowest BCUT2D eigenvalue weighted by Gasteiger charge is -2.47. The molecule has 2 rings (SSSR count). The normalized spacial score (nSPS) is 36.8. The highest BCUT2D eigenvalue weighted by Crippen LogP contribution is 2.41. The summed E-state index contributed by atoms with van der Waals surface area (Å²) in [5.74, 6) is 0.857. The molecule has 3 atom stereocenters. The van der Waals surface area contributed by atoms with Gasteiger partial charge in [0.05, 0.1) is 0 Å². The molecular formula is C16H32N2. The third-order valence-corrected chi connectivity index (χ3v) is 5.18. The molecule has 2 nitrogen and oxygen atoms in total. The highest BCUT2D eigenvalue weighted by molar-refractivity contribution is 4.91. The molecule has 18 heavy (non-hydrogen) atoms. The van der Waals surface area contributed by atoms with Gasteiger partial charge in [-0.2, -0.15) is 0 Å². The van der Waals surface area contributed by atoms with E-state index in [1.54, 1.807) is 0 Å². The van der Waals surface area contributed by atoms with Crippen LogP contribution in [0.2, 0.25) is 0 Å². The second kappa shape index (κ2) is 5.92. The second-order valence-electron chi connectivity index (χ2n) is 7.28. The molecule has 0 spiro atoms. The summed E-state index contributed by atoms with van der Waals surface area (Å²) in [6, 6.07) is 1.62. The van der Waals surface area contributed by atoms with E-state index < -0.39 is 0 Å². The first-order valence-electron chi connectivity index (χ1n) is 8.00. The minimum Gasteiger partial charge on any atom is -0.315 e. The summed E-state index contributed by atoms with van der Waals surface area (Å²) in [5, 5.41) is 3.58. The highest BCUT2D eigenvalue weighted by atomic mass is 15.2. The van der Waals surface area contributed by atoms with Crippen LogP contribution in [0.5, 0.6) is 0 Å². The van der Waals surface area contributed by atoms with Gasteiger partial charge in [-0.1, -0.05) is 27.7 Å². The fourth-order valence-electron chi connectivity index (χ4n) is 4.31. The minimum atomic E-state index is 0.570. The van der Waals surface area contributed by atoms with Gasteiger partial charge in [0.15, 0.2) is 0 Å². The Morgan fingerprint density at radius 3 is 2.61 bits per heavy atom. The summed E-state index contributed by atoms with van der Waals surface area (Å²) in [6.45, 7) is 13.4. The van der Waals surface area contributed by atoms with Gasteiger partial charge < -0.3 is 5.32 Å². The van der Waals surface area contributed by atoms with Crippen molar-refractivity contribution in [1.82, 2.24) is 10.2 Å². The maximum Gasteiger partial charge on any atom is 0.0224 e. The van der Waals surface area contributed by atoms with E-state index in [9.17, 15) is 0 Å². The average Bonchev–Trinajstić information content (AvgIpc) is 2.33. The summed E-state index contributed by atoms with van der Waals surface area (Å²) in [5.41, 5.74) is 0.570. The van der Waals surface area contributed by atoms with Crippen LogP contribution in [0.3, 0.4) is 0 Å². The number of nitrogens with one attached hydrogen (secondary N) is 1. The Bertz CT molecular complexity index is 256. The molecule has 1 saturated heterocycles. The van der Waals surface area contributed by atoms with Crippen molar-refractivity contribution in [3.63, 3.8) is 0 Å². The van der Waals surface area contributed by atoms with Crippen LogP contribution >= 0.6 is 0 Å². The molecule has 2 aliphatic rings. The lowest BCUT2D eigenvalue weighted by atomic mass is 9.70. The number of nitrogens with zero attached hydrogens (tertiary/aromatic N) is 1. The van der Waals surface area contributed by atoms with Crippen LogP contribution in [-0.4, -0.2) is 36.6 Å². The fourth-order valence-corrected chi connectivity index (χ4v) is 4.31. The molecule has 0 aromatic heterocycles. The Kier molecular flexibility index (Phi) is 4.71. The molecule has 1 N–H and O–H groups in total. The maximum absolute atomic E-state index is 3.58. The van der Waals surface area contributed by atoms with Crippen LogP contribution < -0.4 is 5.32 Å². The molecular weight excluding hydrogens is 220 g/mol. The first-order chi connectivity index (χ1) is 8.53. The van der Waals surface area contributed by atoms with Gasteiger partial charge in [0, 0.05) is 18.6 Å². The van der Waals surface area contributed by atoms with Crippen molar-refractivity contribution in [2.75, 3.05) is 19.6 Å².